The lowest BCUT2D eigenvalue weighted by molar-refractivity contribution is -0.142. The Hall–Kier alpha value is -4.75. The van der Waals surface area contributed by atoms with Gasteiger partial charge in [0.2, 0.25) is 11.8 Å². The summed E-state index contributed by atoms with van der Waals surface area (Å²) >= 11 is 1.56. The van der Waals surface area contributed by atoms with E-state index in [-0.39, 0.29) is 24.8 Å². The van der Waals surface area contributed by atoms with E-state index in [2.05, 4.69) is 20.9 Å². The Morgan fingerprint density at radius 3 is 2.41 bits per heavy atom. The van der Waals surface area contributed by atoms with Crippen molar-refractivity contribution in [1.82, 2.24) is 20.5 Å². The van der Waals surface area contributed by atoms with Crippen molar-refractivity contribution in [2.45, 2.75) is 65.3 Å². The van der Waals surface area contributed by atoms with E-state index < -0.39 is 47.4 Å². The second-order valence-electron chi connectivity index (χ2n) is 12.6. The number of hydrogen-bond donors (Lipinski definition) is 5. The van der Waals surface area contributed by atoms with Crippen LogP contribution in [0.25, 0.3) is 21.4 Å². The Morgan fingerprint density at radius 2 is 1.78 bits per heavy atom. The molecule has 4 atom stereocenters. The summed E-state index contributed by atoms with van der Waals surface area (Å²) in [5.41, 5.74) is 4.58. The molecule has 0 radical (unpaired) electrons. The molecule has 2 aromatic heterocycles. The number of carbonyl (C=O) groups excluding carboxylic acids is 3. The molecular weight excluding hydrogens is 610 g/mol. The van der Waals surface area contributed by atoms with E-state index in [9.17, 15) is 24.3 Å². The van der Waals surface area contributed by atoms with Crippen LogP contribution >= 0.6 is 11.3 Å². The molecule has 1 aliphatic rings. The minimum absolute atomic E-state index is 0.0549. The van der Waals surface area contributed by atoms with Crippen molar-refractivity contribution in [3.8, 4) is 10.4 Å². The Kier molecular flexibility index (Phi) is 9.17. The summed E-state index contributed by atoms with van der Waals surface area (Å²) in [6.45, 7) is 9.13. The number of aryl methyl sites for hydroxylation is 1. The fraction of sp³-hybridized carbons (Fsp3) is 0.364. The first-order valence-electron chi connectivity index (χ1n) is 14.8. The van der Waals surface area contributed by atoms with Crippen molar-refractivity contribution < 1.29 is 33.8 Å². The Labute approximate surface area is 269 Å². The minimum atomic E-state index is -1.22. The molecule has 1 aliphatic heterocycles. The van der Waals surface area contributed by atoms with Crippen molar-refractivity contribution in [1.29, 1.82) is 0 Å². The monoisotopic (exact) mass is 647 g/mol. The zero-order valence-corrected chi connectivity index (χ0v) is 27.0. The third-order valence-corrected chi connectivity index (χ3v) is 9.00. The molecule has 5 N–H and O–H groups in total. The van der Waals surface area contributed by atoms with Gasteiger partial charge in [-0.3, -0.25) is 19.7 Å². The molecule has 0 aliphatic carbocycles. The normalized spacial score (nSPS) is 17.8. The van der Waals surface area contributed by atoms with E-state index >= 15 is 0 Å². The molecule has 13 heteroatoms. The average molecular weight is 648 g/mol. The van der Waals surface area contributed by atoms with Crippen molar-refractivity contribution in [3.05, 3.63) is 71.1 Å². The number of aromatic nitrogens is 1. The summed E-state index contributed by atoms with van der Waals surface area (Å²) < 4.78 is 5.69. The zero-order chi connectivity index (χ0) is 33.3. The summed E-state index contributed by atoms with van der Waals surface area (Å²) in [7, 11) is 0. The molecule has 3 heterocycles. The van der Waals surface area contributed by atoms with Gasteiger partial charge in [-0.05, 0) is 54.7 Å². The van der Waals surface area contributed by atoms with Gasteiger partial charge in [0.25, 0.3) is 5.91 Å². The molecule has 46 heavy (non-hydrogen) atoms. The van der Waals surface area contributed by atoms with Crippen LogP contribution in [0.2, 0.25) is 0 Å². The lowest BCUT2D eigenvalue weighted by atomic mass is 9.85. The first-order chi connectivity index (χ1) is 21.7. The van der Waals surface area contributed by atoms with Crippen LogP contribution in [0.15, 0.2) is 58.5 Å². The van der Waals surface area contributed by atoms with Crippen molar-refractivity contribution in [2.75, 3.05) is 11.9 Å². The van der Waals surface area contributed by atoms with Gasteiger partial charge in [0.15, 0.2) is 5.76 Å². The second-order valence-corrected chi connectivity index (χ2v) is 13.4. The number of likely N-dealkylation sites (tertiary alicyclic amines) is 1. The number of carbonyl (C=O) groups is 4. The zero-order valence-electron chi connectivity index (χ0n) is 26.2. The molecule has 0 spiro atoms. The number of nitrogens with zero attached hydrogens (tertiary/aromatic N) is 2. The van der Waals surface area contributed by atoms with Crippen LogP contribution in [0.5, 0.6) is 0 Å². The predicted molar refractivity (Wildman–Crippen MR) is 174 cm³/mol. The molecule has 1 saturated heterocycles. The maximum atomic E-state index is 14.0. The van der Waals surface area contributed by atoms with Crippen LogP contribution in [-0.4, -0.2) is 68.6 Å². The summed E-state index contributed by atoms with van der Waals surface area (Å²) in [6, 6.07) is 11.5. The first-order valence-corrected chi connectivity index (χ1v) is 15.7. The van der Waals surface area contributed by atoms with E-state index in [1.165, 1.54) is 29.2 Å². The number of β-amino-alcohol motifs (C(OH)–C–C–N with tert-alkyl or cyclic N) is 1. The lowest BCUT2D eigenvalue weighted by Crippen LogP contribution is -2.57. The van der Waals surface area contributed by atoms with Gasteiger partial charge >= 0.3 is 6.09 Å². The van der Waals surface area contributed by atoms with Crippen LogP contribution < -0.4 is 16.0 Å². The highest BCUT2D eigenvalue weighted by Crippen LogP contribution is 2.30. The molecule has 12 nitrogen and oxygen atoms in total. The number of furan rings is 1. The smallest absolute Gasteiger partial charge is 0.409 e. The molecule has 0 bridgehead atoms. The summed E-state index contributed by atoms with van der Waals surface area (Å²) in [5, 5.41) is 28.0. The van der Waals surface area contributed by atoms with Crippen molar-refractivity contribution in [3.63, 3.8) is 0 Å². The highest BCUT2D eigenvalue weighted by Gasteiger charge is 2.45. The number of anilines is 1. The maximum Gasteiger partial charge on any atom is 0.409 e. The van der Waals surface area contributed by atoms with Crippen molar-refractivity contribution >= 4 is 51.8 Å². The molecule has 1 fully saturated rings. The van der Waals surface area contributed by atoms with Gasteiger partial charge in [-0.2, -0.15) is 0 Å². The van der Waals surface area contributed by atoms with E-state index in [0.717, 1.165) is 21.7 Å². The van der Waals surface area contributed by atoms with Gasteiger partial charge in [-0.25, -0.2) is 9.78 Å². The molecular formula is C33H37N5O7S. The van der Waals surface area contributed by atoms with Gasteiger partial charge in [0.05, 0.1) is 28.2 Å². The Morgan fingerprint density at radius 1 is 1.07 bits per heavy atom. The quantitative estimate of drug-likeness (QED) is 0.179. The number of thiazole rings is 1. The highest BCUT2D eigenvalue weighted by molar-refractivity contribution is 7.13. The van der Waals surface area contributed by atoms with Crippen molar-refractivity contribution in [2.24, 2.45) is 5.41 Å². The molecule has 0 unspecified atom stereocenters. The average Bonchev–Trinajstić information content (AvgIpc) is 3.72. The van der Waals surface area contributed by atoms with Crippen LogP contribution in [0.4, 0.5) is 10.5 Å². The molecule has 0 saturated carbocycles. The third kappa shape index (κ3) is 7.05. The number of nitrogens with one attached hydrogen (secondary N) is 3. The fourth-order valence-electron chi connectivity index (χ4n) is 5.57. The molecule has 5 rings (SSSR count). The Bertz CT molecular complexity index is 1770. The summed E-state index contributed by atoms with van der Waals surface area (Å²) in [5.74, 6) is -1.62. The number of amides is 4. The van der Waals surface area contributed by atoms with Gasteiger partial charge in [0, 0.05) is 24.0 Å². The highest BCUT2D eigenvalue weighted by atomic mass is 32.1. The Balaban J connectivity index is 1.29. The fourth-order valence-corrected chi connectivity index (χ4v) is 6.39. The van der Waals surface area contributed by atoms with Gasteiger partial charge in [-0.15, -0.1) is 11.3 Å². The van der Waals surface area contributed by atoms with Gasteiger partial charge in [-0.1, -0.05) is 45.0 Å². The summed E-state index contributed by atoms with van der Waals surface area (Å²) in [4.78, 5) is 58.6. The number of rotatable bonds is 8. The van der Waals surface area contributed by atoms with Crippen LogP contribution in [0, 0.1) is 12.3 Å². The van der Waals surface area contributed by atoms with E-state index in [1.807, 2.05) is 38.1 Å². The molecule has 4 aromatic rings. The van der Waals surface area contributed by atoms with Crippen LogP contribution in [0.3, 0.4) is 0 Å². The van der Waals surface area contributed by atoms with Crippen LogP contribution in [0.1, 0.15) is 62.0 Å². The van der Waals surface area contributed by atoms with Crippen LogP contribution in [-0.2, 0) is 9.59 Å². The second kappa shape index (κ2) is 12.9. The van der Waals surface area contributed by atoms with E-state index in [1.54, 1.807) is 37.6 Å². The first kappa shape index (κ1) is 32.6. The number of carboxylic acid groups (broad SMARTS) is 1. The molecule has 4 amide bonds. The summed E-state index contributed by atoms with van der Waals surface area (Å²) in [6.07, 6.45) is -2.07. The number of benzene rings is 2. The standard InChI is InChI=1S/C33H37N5O7S/c1-17(19-6-8-20(9-7-19)27-18(2)34-16-46-27)35-29(40)24-14-23(39)15-38(24)31(42)28(33(3,4)5)37-30(41)26-13-21-12-22(36-32(43)44)10-11-25(21)45-26/h6-13,16-17,23-24,28,36,39H,14-15H2,1-5H3,(H,35,40)(H,37,41)(H,43,44)/t17-,23+,24-,28+/m0/s1. The molecule has 2 aromatic carbocycles. The predicted octanol–water partition coefficient (Wildman–Crippen LogP) is 4.94. The number of aliphatic hydroxyl groups is 1. The van der Waals surface area contributed by atoms with Gasteiger partial charge < -0.3 is 30.2 Å². The third-order valence-electron chi connectivity index (χ3n) is 8.02. The maximum absolute atomic E-state index is 14.0. The number of hydrogen-bond acceptors (Lipinski definition) is 8. The minimum Gasteiger partial charge on any atom is -0.465 e. The van der Waals surface area contributed by atoms with E-state index in [4.69, 9.17) is 9.52 Å². The number of aliphatic hydroxyl groups excluding tert-OH is 1. The van der Waals surface area contributed by atoms with Gasteiger partial charge in [0.1, 0.15) is 17.7 Å². The number of fused-ring (bicyclic) bond motifs is 1. The lowest BCUT2D eigenvalue weighted by Gasteiger charge is -2.35. The SMILES string of the molecule is Cc1ncsc1-c1ccc([C@H](C)NC(=O)[C@@H]2C[C@@H](O)CN2C(=O)[C@@H](NC(=O)c2cc3cc(NC(=O)O)ccc3o2)C(C)(C)C)cc1. The topological polar surface area (TPSA) is 174 Å². The van der Waals surface area contributed by atoms with E-state index in [0.29, 0.717) is 16.7 Å². The molecule has 242 valence electrons. The largest absolute Gasteiger partial charge is 0.465 e.